The lowest BCUT2D eigenvalue weighted by molar-refractivity contribution is 0.0955. The molecule has 0 saturated carbocycles. The number of hydrogen-bond donors (Lipinski definition) is 3. The van der Waals surface area contributed by atoms with Crippen molar-refractivity contribution >= 4 is 21.6 Å². The van der Waals surface area contributed by atoms with Crippen molar-refractivity contribution in [3.8, 4) is 0 Å². The van der Waals surface area contributed by atoms with Crippen LogP contribution in [0.4, 0.5) is 5.69 Å². The Labute approximate surface area is 155 Å². The number of anilines is 1. The molecular formula is C19H25N3O3S. The second kappa shape index (κ2) is 8.82. The smallest absolute Gasteiger partial charge is 0.262 e. The van der Waals surface area contributed by atoms with Crippen LogP contribution in [0.5, 0.6) is 0 Å². The normalized spacial score (nSPS) is 11.2. The minimum Gasteiger partial charge on any atom is -0.351 e. The Morgan fingerprint density at radius 3 is 2.50 bits per heavy atom. The summed E-state index contributed by atoms with van der Waals surface area (Å²) in [4.78, 5) is 12.6. The van der Waals surface area contributed by atoms with Gasteiger partial charge >= 0.3 is 0 Å². The largest absolute Gasteiger partial charge is 0.351 e. The van der Waals surface area contributed by atoms with Gasteiger partial charge in [-0.2, -0.15) is 0 Å². The van der Waals surface area contributed by atoms with Crippen LogP contribution in [0.25, 0.3) is 0 Å². The number of nitrogens with one attached hydrogen (secondary N) is 3. The summed E-state index contributed by atoms with van der Waals surface area (Å²) >= 11 is 0. The van der Waals surface area contributed by atoms with E-state index < -0.39 is 10.0 Å². The monoisotopic (exact) mass is 375 g/mol. The lowest BCUT2D eigenvalue weighted by Crippen LogP contribution is -2.32. The summed E-state index contributed by atoms with van der Waals surface area (Å²) in [5.74, 6) is -0.317. The Balaban J connectivity index is 2.24. The van der Waals surface area contributed by atoms with E-state index >= 15 is 0 Å². The molecule has 2 aromatic rings. The van der Waals surface area contributed by atoms with Crippen molar-refractivity contribution in [1.82, 2.24) is 10.6 Å². The number of rotatable bonds is 8. The molecule has 0 aliphatic rings. The molecule has 0 unspecified atom stereocenters. The first-order valence-corrected chi connectivity index (χ1v) is 10.0. The molecule has 0 atom stereocenters. The van der Waals surface area contributed by atoms with Crippen LogP contribution >= 0.6 is 0 Å². The summed E-state index contributed by atoms with van der Waals surface area (Å²) in [5.41, 5.74) is 2.05. The molecule has 140 valence electrons. The average Bonchev–Trinajstić information content (AvgIpc) is 2.60. The van der Waals surface area contributed by atoms with Crippen molar-refractivity contribution < 1.29 is 13.2 Å². The van der Waals surface area contributed by atoms with Crippen LogP contribution in [0.15, 0.2) is 47.4 Å². The molecule has 26 heavy (non-hydrogen) atoms. The van der Waals surface area contributed by atoms with Gasteiger partial charge in [0.1, 0.15) is 0 Å². The van der Waals surface area contributed by atoms with Gasteiger partial charge in [-0.25, -0.2) is 8.42 Å². The lowest BCUT2D eigenvalue weighted by Gasteiger charge is -2.14. The minimum absolute atomic E-state index is 0.208. The van der Waals surface area contributed by atoms with E-state index in [1.807, 2.05) is 19.9 Å². The summed E-state index contributed by atoms with van der Waals surface area (Å²) in [5, 5.41) is 5.90. The highest BCUT2D eigenvalue weighted by Gasteiger charge is 2.20. The fourth-order valence-corrected chi connectivity index (χ4v) is 3.91. The number of carbonyl (C=O) groups excluding carboxylic acids is 1. The Bertz CT molecular complexity index is 879. The molecule has 0 aliphatic carbocycles. The first-order chi connectivity index (χ1) is 12.3. The second-order valence-corrected chi connectivity index (χ2v) is 7.68. The van der Waals surface area contributed by atoms with Gasteiger partial charge < -0.3 is 10.6 Å². The topological polar surface area (TPSA) is 87.3 Å². The fourth-order valence-electron chi connectivity index (χ4n) is 2.50. The summed E-state index contributed by atoms with van der Waals surface area (Å²) in [6.07, 6.45) is 0. The molecular weight excluding hydrogens is 350 g/mol. The Kier molecular flexibility index (Phi) is 6.76. The van der Waals surface area contributed by atoms with Crippen molar-refractivity contribution in [2.24, 2.45) is 0 Å². The zero-order valence-corrected chi connectivity index (χ0v) is 16.1. The zero-order valence-electron chi connectivity index (χ0n) is 15.3. The standard InChI is InChI=1S/C19H25N3O3S/c1-4-20-11-12-21-19(23)16-7-5-6-8-17(16)22-26(24,25)18-13-14(2)9-10-15(18)3/h5-10,13,20,22H,4,11-12H2,1-3H3,(H,21,23). The van der Waals surface area contributed by atoms with E-state index in [-0.39, 0.29) is 22.1 Å². The maximum absolute atomic E-state index is 12.8. The quantitative estimate of drug-likeness (QED) is 0.619. The highest BCUT2D eigenvalue weighted by molar-refractivity contribution is 7.92. The van der Waals surface area contributed by atoms with Crippen molar-refractivity contribution in [1.29, 1.82) is 0 Å². The third-order valence-electron chi connectivity index (χ3n) is 3.89. The van der Waals surface area contributed by atoms with E-state index in [1.54, 1.807) is 43.3 Å². The van der Waals surface area contributed by atoms with Crippen molar-refractivity contribution in [3.63, 3.8) is 0 Å². The van der Waals surface area contributed by atoms with Crippen LogP contribution in [-0.2, 0) is 10.0 Å². The minimum atomic E-state index is -3.79. The molecule has 0 aromatic heterocycles. The summed E-state index contributed by atoms with van der Waals surface area (Å²) in [6.45, 7) is 7.50. The molecule has 6 nitrogen and oxygen atoms in total. The van der Waals surface area contributed by atoms with Crippen molar-refractivity contribution in [2.75, 3.05) is 24.4 Å². The van der Waals surface area contributed by atoms with Crippen LogP contribution in [0.1, 0.15) is 28.4 Å². The number of carbonyl (C=O) groups is 1. The summed E-state index contributed by atoms with van der Waals surface area (Å²) in [7, 11) is -3.79. The van der Waals surface area contributed by atoms with Crippen LogP contribution in [0.3, 0.4) is 0 Å². The Hall–Kier alpha value is -2.38. The first-order valence-electron chi connectivity index (χ1n) is 8.53. The van der Waals surface area contributed by atoms with Gasteiger partial charge in [0.25, 0.3) is 15.9 Å². The van der Waals surface area contributed by atoms with E-state index in [0.717, 1.165) is 12.1 Å². The predicted octanol–water partition coefficient (Wildman–Crippen LogP) is 2.44. The van der Waals surface area contributed by atoms with E-state index in [2.05, 4.69) is 15.4 Å². The van der Waals surface area contributed by atoms with Crippen LogP contribution in [0.2, 0.25) is 0 Å². The zero-order chi connectivity index (χ0) is 19.2. The molecule has 0 heterocycles. The van der Waals surface area contributed by atoms with E-state index in [4.69, 9.17) is 0 Å². The van der Waals surface area contributed by atoms with Gasteiger partial charge in [0.2, 0.25) is 0 Å². The average molecular weight is 375 g/mol. The number of amides is 1. The molecule has 0 radical (unpaired) electrons. The second-order valence-electron chi connectivity index (χ2n) is 6.03. The Morgan fingerprint density at radius 2 is 1.77 bits per heavy atom. The molecule has 0 saturated heterocycles. The van der Waals surface area contributed by atoms with E-state index in [1.165, 1.54) is 0 Å². The number of likely N-dealkylation sites (N-methyl/N-ethyl adjacent to an activating group) is 1. The van der Waals surface area contributed by atoms with Gasteiger partial charge in [0.15, 0.2) is 0 Å². The number of aryl methyl sites for hydroxylation is 2. The number of hydrogen-bond acceptors (Lipinski definition) is 4. The number of para-hydroxylation sites is 1. The molecule has 0 aliphatic heterocycles. The molecule has 7 heteroatoms. The highest BCUT2D eigenvalue weighted by Crippen LogP contribution is 2.23. The maximum atomic E-state index is 12.8. The lowest BCUT2D eigenvalue weighted by atomic mass is 10.1. The molecule has 2 aromatic carbocycles. The fraction of sp³-hybridized carbons (Fsp3) is 0.316. The highest BCUT2D eigenvalue weighted by atomic mass is 32.2. The Morgan fingerprint density at radius 1 is 1.04 bits per heavy atom. The molecule has 2 rings (SSSR count). The van der Waals surface area contributed by atoms with Crippen molar-refractivity contribution in [2.45, 2.75) is 25.7 Å². The number of sulfonamides is 1. The van der Waals surface area contributed by atoms with E-state index in [0.29, 0.717) is 18.7 Å². The van der Waals surface area contributed by atoms with Crippen molar-refractivity contribution in [3.05, 3.63) is 59.2 Å². The third-order valence-corrected chi connectivity index (χ3v) is 5.39. The molecule has 1 amide bonds. The van der Waals surface area contributed by atoms with Gasteiger partial charge in [0.05, 0.1) is 16.1 Å². The maximum Gasteiger partial charge on any atom is 0.262 e. The van der Waals surface area contributed by atoms with Gasteiger partial charge in [0, 0.05) is 13.1 Å². The van der Waals surface area contributed by atoms with E-state index in [9.17, 15) is 13.2 Å². The van der Waals surface area contributed by atoms with Crippen LogP contribution in [-0.4, -0.2) is 34.0 Å². The van der Waals surface area contributed by atoms with Crippen LogP contribution < -0.4 is 15.4 Å². The number of benzene rings is 2. The summed E-state index contributed by atoms with van der Waals surface area (Å²) in [6, 6.07) is 11.8. The van der Waals surface area contributed by atoms with Gasteiger partial charge in [-0.15, -0.1) is 0 Å². The molecule has 0 spiro atoms. The van der Waals surface area contributed by atoms with Gasteiger partial charge in [-0.05, 0) is 49.7 Å². The molecule has 0 bridgehead atoms. The summed E-state index contributed by atoms with van der Waals surface area (Å²) < 4.78 is 28.1. The molecule has 3 N–H and O–H groups in total. The first kappa shape index (κ1) is 19.9. The third kappa shape index (κ3) is 5.06. The van der Waals surface area contributed by atoms with Gasteiger partial charge in [-0.1, -0.05) is 31.2 Å². The predicted molar refractivity (Wildman–Crippen MR) is 104 cm³/mol. The molecule has 0 fully saturated rings. The SMILES string of the molecule is CCNCCNC(=O)c1ccccc1NS(=O)(=O)c1cc(C)ccc1C. The van der Waals surface area contributed by atoms with Crippen LogP contribution in [0, 0.1) is 13.8 Å². The van der Waals surface area contributed by atoms with Gasteiger partial charge in [-0.3, -0.25) is 9.52 Å².